The maximum Gasteiger partial charge on any atom is 0.264 e. The summed E-state index contributed by atoms with van der Waals surface area (Å²) in [5, 5.41) is 3.35. The first-order valence-electron chi connectivity index (χ1n) is 14.3. The smallest absolute Gasteiger partial charge is 0.264 e. The number of hydrogen-bond acceptors (Lipinski definition) is 6. The van der Waals surface area contributed by atoms with Crippen LogP contribution in [0.3, 0.4) is 0 Å². The minimum Gasteiger partial charge on any atom is -0.493 e. The molecule has 11 heteroatoms. The van der Waals surface area contributed by atoms with Crippen LogP contribution in [0.2, 0.25) is 5.02 Å². The highest BCUT2D eigenvalue weighted by atomic mass is 35.5. The average Bonchev–Trinajstić information content (AvgIpc) is 3.02. The molecule has 0 saturated heterocycles. The van der Waals surface area contributed by atoms with Gasteiger partial charge in [0.15, 0.2) is 11.5 Å². The Kier molecular flexibility index (Phi) is 12.7. The summed E-state index contributed by atoms with van der Waals surface area (Å²) in [6, 6.07) is 19.3. The zero-order valence-corrected chi connectivity index (χ0v) is 26.7. The van der Waals surface area contributed by atoms with E-state index < -0.39 is 28.5 Å². The number of halogens is 1. The summed E-state index contributed by atoms with van der Waals surface area (Å²) in [6.45, 7) is 4.06. The molecule has 0 heterocycles. The first-order chi connectivity index (χ1) is 20.7. The van der Waals surface area contributed by atoms with E-state index in [1.54, 1.807) is 12.1 Å². The van der Waals surface area contributed by atoms with Crippen LogP contribution in [-0.2, 0) is 26.0 Å². The number of unbranched alkanes of at least 4 members (excludes halogenated alkanes) is 1. The van der Waals surface area contributed by atoms with Crippen LogP contribution < -0.4 is 19.1 Å². The molecule has 3 aromatic carbocycles. The molecule has 0 aliphatic rings. The summed E-state index contributed by atoms with van der Waals surface area (Å²) in [4.78, 5) is 28.8. The van der Waals surface area contributed by atoms with E-state index in [9.17, 15) is 18.0 Å². The van der Waals surface area contributed by atoms with E-state index in [2.05, 4.69) is 5.32 Å². The molecule has 0 fully saturated rings. The van der Waals surface area contributed by atoms with Gasteiger partial charge in [-0.1, -0.05) is 62.2 Å². The van der Waals surface area contributed by atoms with Gasteiger partial charge in [-0.2, -0.15) is 0 Å². The van der Waals surface area contributed by atoms with Crippen molar-refractivity contribution in [1.29, 1.82) is 0 Å². The number of carbonyl (C=O) groups excluding carboxylic acids is 2. The number of ether oxygens (including phenoxy) is 2. The van der Waals surface area contributed by atoms with Crippen LogP contribution in [0.1, 0.15) is 38.7 Å². The summed E-state index contributed by atoms with van der Waals surface area (Å²) in [6.07, 6.45) is 2.59. The third-order valence-electron chi connectivity index (χ3n) is 7.04. The number of anilines is 1. The maximum atomic E-state index is 14.1. The molecule has 232 valence electrons. The predicted molar refractivity (Wildman–Crippen MR) is 169 cm³/mol. The van der Waals surface area contributed by atoms with Gasteiger partial charge >= 0.3 is 0 Å². The fraction of sp³-hybridized carbons (Fsp3) is 0.375. The Morgan fingerprint density at radius 3 is 2.21 bits per heavy atom. The quantitative estimate of drug-likeness (QED) is 0.215. The second-order valence-corrected chi connectivity index (χ2v) is 12.2. The van der Waals surface area contributed by atoms with E-state index in [1.807, 2.05) is 44.2 Å². The molecule has 0 unspecified atom stereocenters. The van der Waals surface area contributed by atoms with Crippen LogP contribution >= 0.6 is 11.6 Å². The number of hydrogen-bond donors (Lipinski definition) is 1. The first kappa shape index (κ1) is 33.7. The van der Waals surface area contributed by atoms with Gasteiger partial charge in [0.25, 0.3) is 10.0 Å². The van der Waals surface area contributed by atoms with Gasteiger partial charge in [-0.15, -0.1) is 0 Å². The van der Waals surface area contributed by atoms with Gasteiger partial charge in [-0.25, -0.2) is 8.42 Å². The van der Waals surface area contributed by atoms with Gasteiger partial charge < -0.3 is 19.7 Å². The molecule has 0 aliphatic heterocycles. The molecule has 0 aliphatic carbocycles. The van der Waals surface area contributed by atoms with Crippen molar-refractivity contribution < 1.29 is 27.5 Å². The van der Waals surface area contributed by atoms with Crippen LogP contribution in [0.25, 0.3) is 0 Å². The van der Waals surface area contributed by atoms with Gasteiger partial charge in [-0.05, 0) is 61.2 Å². The zero-order chi connectivity index (χ0) is 31.4. The molecule has 2 amide bonds. The van der Waals surface area contributed by atoms with Crippen molar-refractivity contribution in [1.82, 2.24) is 10.2 Å². The molecular formula is C32H40ClN3O6S. The summed E-state index contributed by atoms with van der Waals surface area (Å²) >= 11 is 6.11. The minimum absolute atomic E-state index is 0.0897. The van der Waals surface area contributed by atoms with E-state index in [0.717, 1.165) is 22.7 Å². The lowest BCUT2D eigenvalue weighted by Gasteiger charge is -2.33. The van der Waals surface area contributed by atoms with E-state index in [0.29, 0.717) is 30.2 Å². The average molecular weight is 630 g/mol. The second-order valence-electron chi connectivity index (χ2n) is 9.90. The highest BCUT2D eigenvalue weighted by Crippen LogP contribution is 2.32. The summed E-state index contributed by atoms with van der Waals surface area (Å²) in [5.41, 5.74) is 1.24. The highest BCUT2D eigenvalue weighted by molar-refractivity contribution is 7.92. The topological polar surface area (TPSA) is 105 Å². The van der Waals surface area contributed by atoms with Gasteiger partial charge in [0.05, 0.1) is 24.8 Å². The SMILES string of the molecule is CCCCNC(=O)[C@@H](CC)N(CCc1ccccc1)C(=O)CN(c1ccc(Cl)cc1)S(=O)(=O)c1ccc(OC)c(OC)c1. The monoisotopic (exact) mass is 629 g/mol. The number of nitrogens with zero attached hydrogens (tertiary/aromatic N) is 2. The fourth-order valence-corrected chi connectivity index (χ4v) is 6.20. The van der Waals surface area contributed by atoms with Crippen LogP contribution in [0.15, 0.2) is 77.7 Å². The summed E-state index contributed by atoms with van der Waals surface area (Å²) < 4.78 is 39.9. The van der Waals surface area contributed by atoms with Gasteiger partial charge in [0, 0.05) is 24.2 Å². The molecule has 43 heavy (non-hydrogen) atoms. The lowest BCUT2D eigenvalue weighted by Crippen LogP contribution is -2.53. The molecule has 0 aromatic heterocycles. The van der Waals surface area contributed by atoms with Crippen LogP contribution in [0.4, 0.5) is 5.69 Å². The third kappa shape index (κ3) is 8.87. The number of methoxy groups -OCH3 is 2. The molecule has 0 radical (unpaired) electrons. The Labute approximate surface area is 259 Å². The second kappa shape index (κ2) is 16.2. The van der Waals surface area contributed by atoms with Crippen molar-refractivity contribution in [3.8, 4) is 11.5 Å². The molecule has 1 atom stereocenters. The van der Waals surface area contributed by atoms with E-state index >= 15 is 0 Å². The molecular weight excluding hydrogens is 590 g/mol. The number of nitrogens with one attached hydrogen (secondary N) is 1. The van der Waals surface area contributed by atoms with Crippen LogP contribution in [-0.4, -0.2) is 65.0 Å². The van der Waals surface area contributed by atoms with Crippen LogP contribution in [0.5, 0.6) is 11.5 Å². The van der Waals surface area contributed by atoms with Crippen molar-refractivity contribution in [2.45, 2.75) is 50.5 Å². The number of rotatable bonds is 16. The van der Waals surface area contributed by atoms with E-state index in [4.69, 9.17) is 21.1 Å². The number of amides is 2. The molecule has 0 spiro atoms. The van der Waals surface area contributed by atoms with Crippen molar-refractivity contribution in [2.75, 3.05) is 38.2 Å². The lowest BCUT2D eigenvalue weighted by molar-refractivity contribution is -0.139. The Balaban J connectivity index is 2.02. The van der Waals surface area contributed by atoms with Crippen molar-refractivity contribution in [3.63, 3.8) is 0 Å². The predicted octanol–water partition coefficient (Wildman–Crippen LogP) is 5.32. The molecule has 0 bridgehead atoms. The Morgan fingerprint density at radius 2 is 1.60 bits per heavy atom. The Hall–Kier alpha value is -3.76. The Morgan fingerprint density at radius 1 is 0.930 bits per heavy atom. The number of benzene rings is 3. The van der Waals surface area contributed by atoms with Crippen LogP contribution in [0, 0.1) is 0 Å². The highest BCUT2D eigenvalue weighted by Gasteiger charge is 2.33. The molecule has 0 saturated carbocycles. The van der Waals surface area contributed by atoms with E-state index in [-0.39, 0.29) is 28.8 Å². The fourth-order valence-electron chi connectivity index (χ4n) is 4.64. The number of carbonyl (C=O) groups is 2. The van der Waals surface area contributed by atoms with Gasteiger partial charge in [0.2, 0.25) is 11.8 Å². The van der Waals surface area contributed by atoms with E-state index in [1.165, 1.54) is 49.5 Å². The van der Waals surface area contributed by atoms with Gasteiger partial charge in [-0.3, -0.25) is 13.9 Å². The van der Waals surface area contributed by atoms with Crippen molar-refractivity contribution in [3.05, 3.63) is 83.4 Å². The normalized spacial score (nSPS) is 11.8. The standard InChI is InChI=1S/C32H40ClN3O6S/c1-5-7-20-34-32(38)28(6-2)35(21-19-24-11-9-8-10-12-24)31(37)23-36(26-15-13-25(33)14-16-26)43(39,40)27-17-18-29(41-3)30(22-27)42-4/h8-18,22,28H,5-7,19-21,23H2,1-4H3,(H,34,38)/t28-/m1/s1. The molecule has 1 N–H and O–H groups in total. The Bertz CT molecular complexity index is 1450. The maximum absolute atomic E-state index is 14.1. The lowest BCUT2D eigenvalue weighted by atomic mass is 10.1. The summed E-state index contributed by atoms with van der Waals surface area (Å²) in [5.74, 6) is -0.182. The largest absolute Gasteiger partial charge is 0.493 e. The first-order valence-corrected chi connectivity index (χ1v) is 16.1. The molecule has 3 aromatic rings. The van der Waals surface area contributed by atoms with Crippen molar-refractivity contribution in [2.24, 2.45) is 0 Å². The zero-order valence-electron chi connectivity index (χ0n) is 25.1. The van der Waals surface area contributed by atoms with Crippen molar-refractivity contribution >= 4 is 39.1 Å². The number of sulfonamides is 1. The molecule has 3 rings (SSSR count). The molecule has 9 nitrogen and oxygen atoms in total. The van der Waals surface area contributed by atoms with Gasteiger partial charge in [0.1, 0.15) is 12.6 Å². The summed E-state index contributed by atoms with van der Waals surface area (Å²) in [7, 11) is -1.42. The third-order valence-corrected chi connectivity index (χ3v) is 9.06. The minimum atomic E-state index is -4.28.